The van der Waals surface area contributed by atoms with E-state index in [0.29, 0.717) is 38.0 Å². The Bertz CT molecular complexity index is 1730. The zero-order valence-electron chi connectivity index (χ0n) is 31.9. The van der Waals surface area contributed by atoms with Crippen LogP contribution >= 0.6 is 0 Å². The minimum Gasteiger partial charge on any atom is -0.463 e. The molecule has 6 amide bonds. The van der Waals surface area contributed by atoms with Crippen LogP contribution in [0.3, 0.4) is 0 Å². The van der Waals surface area contributed by atoms with Gasteiger partial charge in [-0.1, -0.05) is 19.9 Å². The number of carbonyl (C=O) groups excluding carboxylic acids is 7. The molecule has 0 aromatic heterocycles. The van der Waals surface area contributed by atoms with E-state index in [4.69, 9.17) is 18.8 Å². The van der Waals surface area contributed by atoms with Crippen LogP contribution in [0.25, 0.3) is 0 Å². The molecule has 0 radical (unpaired) electrons. The molecule has 5 N–H and O–H groups in total. The predicted molar refractivity (Wildman–Crippen MR) is 198 cm³/mol. The molecule has 0 aliphatic carbocycles. The van der Waals surface area contributed by atoms with Crippen LogP contribution in [0.15, 0.2) is 30.4 Å². The third kappa shape index (κ3) is 14.1. The second kappa shape index (κ2) is 21.0. The number of ether oxygens (including phenoxy) is 3. The molecule has 56 heavy (non-hydrogen) atoms. The molecule has 3 unspecified atom stereocenters. The molecule has 2 aliphatic heterocycles. The van der Waals surface area contributed by atoms with Crippen molar-refractivity contribution >= 4 is 57.7 Å². The van der Waals surface area contributed by atoms with E-state index in [-0.39, 0.29) is 26.2 Å². The van der Waals surface area contributed by atoms with Crippen LogP contribution in [0.5, 0.6) is 0 Å². The lowest BCUT2D eigenvalue weighted by molar-refractivity contribution is -0.147. The largest absolute Gasteiger partial charge is 0.463 e. The van der Waals surface area contributed by atoms with Crippen molar-refractivity contribution in [2.75, 3.05) is 50.6 Å². The smallest absolute Gasteiger partial charge is 0.293 e. The number of aliphatic hydroxyl groups is 1. The Morgan fingerprint density at radius 1 is 1.05 bits per heavy atom. The monoisotopic (exact) mass is 809 g/mol. The Morgan fingerprint density at radius 2 is 1.75 bits per heavy atom. The van der Waals surface area contributed by atoms with E-state index in [1.807, 2.05) is 13.8 Å². The second-order valence-corrected chi connectivity index (χ2v) is 15.8. The number of aryl methyl sites for hydroxylation is 1. The van der Waals surface area contributed by atoms with Gasteiger partial charge in [0, 0.05) is 37.5 Å². The number of nitrogens with zero attached hydrogens (tertiary/aromatic N) is 2. The number of hydrogen-bond acceptors (Lipinski definition) is 13. The highest BCUT2D eigenvalue weighted by molar-refractivity contribution is 7.85. The summed E-state index contributed by atoms with van der Waals surface area (Å²) in [5, 5.41) is 17.0. The van der Waals surface area contributed by atoms with Crippen molar-refractivity contribution in [2.45, 2.75) is 83.7 Å². The Morgan fingerprint density at radius 3 is 2.38 bits per heavy atom. The lowest BCUT2D eigenvalue weighted by Gasteiger charge is -2.27. The molecule has 1 aromatic carbocycles. The number of hydrogen-bond donors (Lipinski definition) is 5. The Hall–Kier alpha value is -4.76. The van der Waals surface area contributed by atoms with Gasteiger partial charge in [-0.3, -0.25) is 43.0 Å². The van der Waals surface area contributed by atoms with Gasteiger partial charge in [-0.05, 0) is 62.3 Å². The minimum absolute atomic E-state index is 0.00644. The van der Waals surface area contributed by atoms with Gasteiger partial charge >= 0.3 is 0 Å². The molecular weight excluding hydrogens is 758 g/mol. The summed E-state index contributed by atoms with van der Waals surface area (Å²) in [5.41, 5.74) is 1.44. The number of nitrogens with one attached hydrogen (secondary N) is 3. The van der Waals surface area contributed by atoms with Crippen molar-refractivity contribution in [3.63, 3.8) is 0 Å². The van der Waals surface area contributed by atoms with E-state index >= 15 is 0 Å². The maximum Gasteiger partial charge on any atom is 0.293 e. The number of benzene rings is 1. The third-order valence-corrected chi connectivity index (χ3v) is 9.73. The molecule has 1 aromatic rings. The maximum atomic E-state index is 13.4. The zero-order valence-corrected chi connectivity index (χ0v) is 32.7. The van der Waals surface area contributed by atoms with Crippen molar-refractivity contribution in [1.82, 2.24) is 20.4 Å². The van der Waals surface area contributed by atoms with Crippen molar-refractivity contribution in [1.29, 1.82) is 0 Å². The highest BCUT2D eigenvalue weighted by atomic mass is 32.2. The molecule has 0 spiro atoms. The van der Waals surface area contributed by atoms with Gasteiger partial charge in [0.05, 0.1) is 43.7 Å². The third-order valence-electron chi connectivity index (χ3n) is 9.05. The molecule has 310 valence electrons. The molecule has 2 aliphatic rings. The summed E-state index contributed by atoms with van der Waals surface area (Å²) in [7, 11) is -4.34. The number of imide groups is 1. The molecule has 0 bridgehead atoms. The SMILES string of the molecule is CC(C)C(NC(=O)CN1C(=O)C(N2C(=O)C=CC2=O)CC1COCCS(=O)(=O)O)C(=O)NCC(=O)Nc1ccc(COC=O)c(CCCOC(C)(C)CCO)c1. The summed E-state index contributed by atoms with van der Waals surface area (Å²) in [6.45, 7) is 6.04. The topological polar surface area (TPSA) is 264 Å². The number of likely N-dealkylation sites (tertiary alicyclic amines) is 1. The fraction of sp³-hybridized carbons (Fsp3) is 0.583. The normalized spacial score (nSPS) is 17.7. The first kappa shape index (κ1) is 45.6. The van der Waals surface area contributed by atoms with Gasteiger partial charge in [-0.25, -0.2) is 0 Å². The van der Waals surface area contributed by atoms with E-state index in [2.05, 4.69) is 16.0 Å². The minimum atomic E-state index is -4.34. The van der Waals surface area contributed by atoms with Gasteiger partial charge in [0.25, 0.3) is 28.4 Å². The standard InChI is InChI=1S/C36H51N5O14S/c1-23(2)33(39-30(45)19-40-27(21-53-14-15-56(50,51)52)17-28(35(40)49)41-31(46)9-10-32(41)47)34(48)37-18-29(44)38-26-8-7-25(20-54-22-43)24(16-26)6-5-13-55-36(3,4)11-12-42/h7-10,16,22-23,27-28,33,42H,5-6,11-15,17-21H2,1-4H3,(H,37,48)(H,38,44)(H,39,45)(H,50,51,52). The predicted octanol–water partition coefficient (Wildman–Crippen LogP) is -0.536. The quantitative estimate of drug-likeness (QED) is 0.0381. The van der Waals surface area contributed by atoms with Crippen LogP contribution in [0, 0.1) is 5.92 Å². The molecule has 20 heteroatoms. The number of amides is 6. The van der Waals surface area contributed by atoms with Crippen LogP contribution in [0.1, 0.15) is 58.1 Å². The molecular formula is C36H51N5O14S. The van der Waals surface area contributed by atoms with Crippen LogP contribution < -0.4 is 16.0 Å². The summed E-state index contributed by atoms with van der Waals surface area (Å²) < 4.78 is 47.3. The Kier molecular flexibility index (Phi) is 17.1. The van der Waals surface area contributed by atoms with E-state index in [9.17, 15) is 47.1 Å². The number of aliphatic hydroxyl groups excluding tert-OH is 1. The fourth-order valence-electron chi connectivity index (χ4n) is 6.09. The highest BCUT2D eigenvalue weighted by Gasteiger charge is 2.47. The van der Waals surface area contributed by atoms with E-state index in [1.54, 1.807) is 32.0 Å². The molecule has 3 atom stereocenters. The molecule has 1 fully saturated rings. The van der Waals surface area contributed by atoms with E-state index in [1.165, 1.54) is 0 Å². The molecule has 3 rings (SSSR count). The summed E-state index contributed by atoms with van der Waals surface area (Å²) in [4.78, 5) is 90.2. The first-order chi connectivity index (χ1) is 26.4. The molecule has 0 saturated carbocycles. The van der Waals surface area contributed by atoms with Crippen molar-refractivity contribution < 1.29 is 65.8 Å². The van der Waals surface area contributed by atoms with Gasteiger partial charge < -0.3 is 40.2 Å². The van der Waals surface area contributed by atoms with Gasteiger partial charge in [0.2, 0.25) is 23.6 Å². The first-order valence-corrected chi connectivity index (χ1v) is 19.6. The van der Waals surface area contributed by atoms with Crippen molar-refractivity contribution in [3.8, 4) is 0 Å². The van der Waals surface area contributed by atoms with Crippen LogP contribution in [0.4, 0.5) is 5.69 Å². The second-order valence-electron chi connectivity index (χ2n) is 14.2. The Labute approximate surface area is 325 Å². The maximum absolute atomic E-state index is 13.4. The summed E-state index contributed by atoms with van der Waals surface area (Å²) >= 11 is 0. The van der Waals surface area contributed by atoms with Gasteiger partial charge in [-0.2, -0.15) is 8.42 Å². The first-order valence-electron chi connectivity index (χ1n) is 18.0. The van der Waals surface area contributed by atoms with Gasteiger partial charge in [-0.15, -0.1) is 0 Å². The Balaban J connectivity index is 1.61. The zero-order chi connectivity index (χ0) is 41.6. The summed E-state index contributed by atoms with van der Waals surface area (Å²) in [6.07, 6.45) is 3.51. The van der Waals surface area contributed by atoms with Gasteiger partial charge in [0.15, 0.2) is 0 Å². The van der Waals surface area contributed by atoms with E-state index in [0.717, 1.165) is 33.1 Å². The van der Waals surface area contributed by atoms with Crippen molar-refractivity contribution in [3.05, 3.63) is 41.5 Å². The number of rotatable bonds is 24. The van der Waals surface area contributed by atoms with Crippen LogP contribution in [0.2, 0.25) is 0 Å². The highest BCUT2D eigenvalue weighted by Crippen LogP contribution is 2.27. The molecule has 1 saturated heterocycles. The average molecular weight is 810 g/mol. The lowest BCUT2D eigenvalue weighted by Crippen LogP contribution is -2.54. The lowest BCUT2D eigenvalue weighted by atomic mass is 10.0. The molecule has 19 nitrogen and oxygen atoms in total. The van der Waals surface area contributed by atoms with Crippen molar-refractivity contribution in [2.24, 2.45) is 5.92 Å². The summed E-state index contributed by atoms with van der Waals surface area (Å²) in [5.74, 6) is -5.40. The molecule has 2 heterocycles. The fourth-order valence-corrected chi connectivity index (χ4v) is 6.41. The van der Waals surface area contributed by atoms with E-state index < -0.39 is 101 Å². The average Bonchev–Trinajstić information content (AvgIpc) is 3.60. The summed E-state index contributed by atoms with van der Waals surface area (Å²) in [6, 6.07) is 1.77. The van der Waals surface area contributed by atoms with Crippen LogP contribution in [-0.4, -0.2) is 139 Å². The number of anilines is 1. The van der Waals surface area contributed by atoms with Gasteiger partial charge in [0.1, 0.15) is 18.7 Å². The number of carbonyl (C=O) groups is 7. The van der Waals surface area contributed by atoms with Crippen LogP contribution in [-0.2, 0) is 70.9 Å².